The molecule has 0 aromatic carbocycles. The minimum absolute atomic E-state index is 0.00583. The average molecular weight is 221 g/mol. The number of aromatic nitrogens is 1. The fraction of sp³-hybridized carbons (Fsp3) is 0.455. The van der Waals surface area contributed by atoms with E-state index in [0.717, 1.165) is 25.9 Å². The molecule has 1 aliphatic heterocycles. The van der Waals surface area contributed by atoms with E-state index in [4.69, 9.17) is 0 Å². The number of hydrogen-bond donors (Lipinski definition) is 2. The van der Waals surface area contributed by atoms with Gasteiger partial charge in [-0.25, -0.2) is 5.01 Å². The zero-order valence-electron chi connectivity index (χ0n) is 9.02. The maximum atomic E-state index is 11.8. The molecule has 0 aliphatic carbocycles. The maximum Gasteiger partial charge on any atom is 0.267 e. The summed E-state index contributed by atoms with van der Waals surface area (Å²) in [5.74, 6) is -0.211. The van der Waals surface area contributed by atoms with Crippen LogP contribution in [0.3, 0.4) is 0 Å². The van der Waals surface area contributed by atoms with E-state index in [0.29, 0.717) is 5.56 Å². The van der Waals surface area contributed by atoms with Crippen LogP contribution in [0.5, 0.6) is 5.75 Å². The molecule has 1 saturated heterocycles. The predicted octanol–water partition coefficient (Wildman–Crippen LogP) is 0.918. The molecule has 0 saturated carbocycles. The molecule has 2 rings (SSSR count). The molecular formula is C11H15N3O2. The summed E-state index contributed by atoms with van der Waals surface area (Å²) in [6.45, 7) is 1.77. The Morgan fingerprint density at radius 2 is 2.06 bits per heavy atom. The van der Waals surface area contributed by atoms with Gasteiger partial charge in [-0.05, 0) is 18.9 Å². The third-order valence-corrected chi connectivity index (χ3v) is 2.60. The van der Waals surface area contributed by atoms with Gasteiger partial charge in [-0.15, -0.1) is 0 Å². The molecule has 1 fully saturated rings. The van der Waals surface area contributed by atoms with Crippen LogP contribution in [0, 0.1) is 0 Å². The maximum absolute atomic E-state index is 11.8. The lowest BCUT2D eigenvalue weighted by molar-refractivity contribution is 0.0749. The Morgan fingerprint density at radius 3 is 2.75 bits per heavy atom. The van der Waals surface area contributed by atoms with Crippen LogP contribution in [0.15, 0.2) is 18.5 Å². The molecule has 16 heavy (non-hydrogen) atoms. The van der Waals surface area contributed by atoms with E-state index in [1.54, 1.807) is 0 Å². The van der Waals surface area contributed by atoms with E-state index < -0.39 is 0 Å². The van der Waals surface area contributed by atoms with Gasteiger partial charge in [0.1, 0.15) is 5.75 Å². The first-order valence-electron chi connectivity index (χ1n) is 5.45. The van der Waals surface area contributed by atoms with Crippen LogP contribution in [-0.4, -0.2) is 34.1 Å². The molecule has 5 heteroatoms. The van der Waals surface area contributed by atoms with Crippen LogP contribution in [0.4, 0.5) is 0 Å². The number of rotatable bonds is 2. The van der Waals surface area contributed by atoms with E-state index in [1.165, 1.54) is 24.9 Å². The van der Waals surface area contributed by atoms with Crippen LogP contribution in [0.1, 0.15) is 29.6 Å². The first-order chi connectivity index (χ1) is 7.75. The molecule has 86 valence electrons. The number of amides is 1. The molecule has 0 radical (unpaired) electrons. The van der Waals surface area contributed by atoms with Crippen molar-refractivity contribution in [1.82, 2.24) is 15.4 Å². The Balaban J connectivity index is 1.97. The third-order valence-electron chi connectivity index (χ3n) is 2.60. The minimum atomic E-state index is -0.217. The van der Waals surface area contributed by atoms with Gasteiger partial charge in [-0.2, -0.15) is 0 Å². The number of pyridine rings is 1. The normalized spacial score (nSPS) is 17.0. The number of nitrogens with one attached hydrogen (secondary N) is 1. The number of carbonyl (C=O) groups is 1. The standard InChI is InChI=1S/C11H15N3O2/c15-10-6-9(7-12-8-10)11(16)13-14-4-2-1-3-5-14/h6-8,15H,1-5H2,(H,13,16). The summed E-state index contributed by atoms with van der Waals surface area (Å²) >= 11 is 0. The molecule has 2 N–H and O–H groups in total. The summed E-state index contributed by atoms with van der Waals surface area (Å²) in [4.78, 5) is 15.5. The molecule has 0 spiro atoms. The number of aromatic hydroxyl groups is 1. The molecule has 1 aliphatic rings. The molecule has 1 amide bonds. The second-order valence-electron chi connectivity index (χ2n) is 3.92. The lowest BCUT2D eigenvalue weighted by Crippen LogP contribution is -2.45. The smallest absolute Gasteiger partial charge is 0.267 e. The number of piperidine rings is 1. The lowest BCUT2D eigenvalue weighted by atomic mass is 10.2. The van der Waals surface area contributed by atoms with E-state index in [1.807, 2.05) is 5.01 Å². The summed E-state index contributed by atoms with van der Waals surface area (Å²) in [7, 11) is 0. The van der Waals surface area contributed by atoms with Gasteiger partial charge in [0.25, 0.3) is 5.91 Å². The van der Waals surface area contributed by atoms with Gasteiger partial charge in [0.05, 0.1) is 11.8 Å². The summed E-state index contributed by atoms with van der Waals surface area (Å²) in [6.07, 6.45) is 6.19. The van der Waals surface area contributed by atoms with Gasteiger partial charge in [-0.3, -0.25) is 15.2 Å². The van der Waals surface area contributed by atoms with Crippen molar-refractivity contribution in [2.75, 3.05) is 13.1 Å². The van der Waals surface area contributed by atoms with Gasteiger partial charge in [0.2, 0.25) is 0 Å². The van der Waals surface area contributed by atoms with Crippen molar-refractivity contribution < 1.29 is 9.90 Å². The molecule has 1 aromatic heterocycles. The zero-order valence-corrected chi connectivity index (χ0v) is 9.02. The first-order valence-corrected chi connectivity index (χ1v) is 5.45. The summed E-state index contributed by atoms with van der Waals surface area (Å²) in [5, 5.41) is 11.1. The highest BCUT2D eigenvalue weighted by Gasteiger charge is 2.14. The van der Waals surface area contributed by atoms with E-state index in [-0.39, 0.29) is 11.7 Å². The monoisotopic (exact) mass is 221 g/mol. The van der Waals surface area contributed by atoms with Crippen LogP contribution in [0.25, 0.3) is 0 Å². The Hall–Kier alpha value is -1.62. The molecule has 0 atom stereocenters. The Kier molecular flexibility index (Phi) is 3.36. The van der Waals surface area contributed by atoms with E-state index in [9.17, 15) is 9.90 Å². The van der Waals surface area contributed by atoms with Crippen LogP contribution in [0.2, 0.25) is 0 Å². The van der Waals surface area contributed by atoms with Gasteiger partial charge < -0.3 is 5.11 Å². The topological polar surface area (TPSA) is 65.5 Å². The molecule has 5 nitrogen and oxygen atoms in total. The molecule has 0 unspecified atom stereocenters. The minimum Gasteiger partial charge on any atom is -0.506 e. The summed E-state index contributed by atoms with van der Waals surface area (Å²) < 4.78 is 0. The second kappa shape index (κ2) is 4.94. The number of hydrazine groups is 1. The summed E-state index contributed by atoms with van der Waals surface area (Å²) in [6, 6.07) is 1.41. The third kappa shape index (κ3) is 2.70. The van der Waals surface area contributed by atoms with E-state index in [2.05, 4.69) is 10.4 Å². The SMILES string of the molecule is O=C(NN1CCCCC1)c1cncc(O)c1. The molecular weight excluding hydrogens is 206 g/mol. The fourth-order valence-corrected chi connectivity index (χ4v) is 1.77. The summed E-state index contributed by atoms with van der Waals surface area (Å²) in [5.41, 5.74) is 3.19. The number of hydrogen-bond acceptors (Lipinski definition) is 4. The fourth-order valence-electron chi connectivity index (χ4n) is 1.77. The van der Waals surface area contributed by atoms with Crippen molar-refractivity contribution in [2.24, 2.45) is 0 Å². The van der Waals surface area contributed by atoms with Crippen molar-refractivity contribution >= 4 is 5.91 Å². The quantitative estimate of drug-likeness (QED) is 0.779. The first kappa shape index (κ1) is 10.9. The van der Waals surface area contributed by atoms with E-state index >= 15 is 0 Å². The molecule has 1 aromatic rings. The van der Waals surface area contributed by atoms with Crippen LogP contribution >= 0.6 is 0 Å². The Morgan fingerprint density at radius 1 is 1.31 bits per heavy atom. The van der Waals surface area contributed by atoms with Crippen LogP contribution < -0.4 is 5.43 Å². The average Bonchev–Trinajstić information content (AvgIpc) is 2.30. The van der Waals surface area contributed by atoms with Gasteiger partial charge >= 0.3 is 0 Å². The van der Waals surface area contributed by atoms with Gasteiger partial charge in [0.15, 0.2) is 0 Å². The molecule has 0 bridgehead atoms. The van der Waals surface area contributed by atoms with Crippen LogP contribution in [-0.2, 0) is 0 Å². The molecule has 2 heterocycles. The van der Waals surface area contributed by atoms with Crippen molar-refractivity contribution in [2.45, 2.75) is 19.3 Å². The van der Waals surface area contributed by atoms with Crippen molar-refractivity contribution in [3.8, 4) is 5.75 Å². The van der Waals surface area contributed by atoms with Gasteiger partial charge in [-0.1, -0.05) is 6.42 Å². The van der Waals surface area contributed by atoms with Crippen molar-refractivity contribution in [1.29, 1.82) is 0 Å². The highest BCUT2D eigenvalue weighted by atomic mass is 16.3. The largest absolute Gasteiger partial charge is 0.506 e. The Bertz CT molecular complexity index is 375. The second-order valence-corrected chi connectivity index (χ2v) is 3.92. The van der Waals surface area contributed by atoms with Crippen molar-refractivity contribution in [3.63, 3.8) is 0 Å². The highest BCUT2D eigenvalue weighted by Crippen LogP contribution is 2.10. The number of nitrogens with zero attached hydrogens (tertiary/aromatic N) is 2. The zero-order chi connectivity index (χ0) is 11.4. The van der Waals surface area contributed by atoms with Crippen molar-refractivity contribution in [3.05, 3.63) is 24.0 Å². The predicted molar refractivity (Wildman–Crippen MR) is 58.8 cm³/mol. The highest BCUT2D eigenvalue weighted by molar-refractivity contribution is 5.93. The lowest BCUT2D eigenvalue weighted by Gasteiger charge is -2.26. The van der Waals surface area contributed by atoms with Gasteiger partial charge in [0, 0.05) is 19.3 Å². The number of carbonyl (C=O) groups excluding carboxylic acids is 1. The Labute approximate surface area is 94.1 Å².